The third-order valence-electron chi connectivity index (χ3n) is 4.33. The van der Waals surface area contributed by atoms with Gasteiger partial charge in [0.05, 0.1) is 19.9 Å². The van der Waals surface area contributed by atoms with Crippen LogP contribution < -0.4 is 20.1 Å². The quantitative estimate of drug-likeness (QED) is 0.512. The van der Waals surface area contributed by atoms with Crippen molar-refractivity contribution in [1.29, 1.82) is 0 Å². The Hall–Kier alpha value is -2.80. The van der Waals surface area contributed by atoms with Crippen LogP contribution in [0.1, 0.15) is 42.1 Å². The van der Waals surface area contributed by atoms with Gasteiger partial charge in [0.25, 0.3) is 5.91 Å². The number of hydrogen-bond acceptors (Lipinski definition) is 5. The van der Waals surface area contributed by atoms with E-state index in [1.54, 1.807) is 24.3 Å². The first-order valence-electron chi connectivity index (χ1n) is 8.57. The molecule has 0 saturated carbocycles. The SMILES string of the molecule is CCC(C)c1ccc(O)c(NC(=S)NC(=O)c2c(OC)cccc2OC)c1. The highest BCUT2D eigenvalue weighted by molar-refractivity contribution is 7.80. The average Bonchev–Trinajstić information content (AvgIpc) is 2.67. The van der Waals surface area contributed by atoms with Crippen molar-refractivity contribution in [2.24, 2.45) is 0 Å². The number of phenolic OH excluding ortho intramolecular Hbond substituents is 1. The Morgan fingerprint density at radius 1 is 1.19 bits per heavy atom. The number of phenols is 1. The highest BCUT2D eigenvalue weighted by Gasteiger charge is 2.19. The highest BCUT2D eigenvalue weighted by Crippen LogP contribution is 2.30. The lowest BCUT2D eigenvalue weighted by molar-refractivity contribution is 0.0971. The molecule has 6 nitrogen and oxygen atoms in total. The second-order valence-electron chi connectivity index (χ2n) is 6.03. The van der Waals surface area contributed by atoms with Crippen LogP contribution in [0.15, 0.2) is 36.4 Å². The maximum Gasteiger partial charge on any atom is 0.264 e. The Bertz CT molecular complexity index is 816. The van der Waals surface area contributed by atoms with E-state index >= 15 is 0 Å². The smallest absolute Gasteiger partial charge is 0.264 e. The van der Waals surface area contributed by atoms with Crippen molar-refractivity contribution in [2.75, 3.05) is 19.5 Å². The molecule has 0 bridgehead atoms. The third-order valence-corrected chi connectivity index (χ3v) is 4.54. The predicted molar refractivity (Wildman–Crippen MR) is 110 cm³/mol. The van der Waals surface area contributed by atoms with Crippen LogP contribution in [-0.2, 0) is 0 Å². The number of carbonyl (C=O) groups excluding carboxylic acids is 1. The summed E-state index contributed by atoms with van der Waals surface area (Å²) in [6, 6.07) is 10.4. The molecule has 0 radical (unpaired) electrons. The molecule has 0 fully saturated rings. The minimum absolute atomic E-state index is 0.0496. The van der Waals surface area contributed by atoms with Gasteiger partial charge in [-0.1, -0.05) is 26.0 Å². The average molecular weight is 388 g/mol. The minimum Gasteiger partial charge on any atom is -0.506 e. The topological polar surface area (TPSA) is 79.8 Å². The van der Waals surface area contributed by atoms with Crippen LogP contribution in [0.3, 0.4) is 0 Å². The molecule has 27 heavy (non-hydrogen) atoms. The number of aromatic hydroxyl groups is 1. The summed E-state index contributed by atoms with van der Waals surface area (Å²) < 4.78 is 10.5. The van der Waals surface area contributed by atoms with Gasteiger partial charge in [-0.3, -0.25) is 10.1 Å². The summed E-state index contributed by atoms with van der Waals surface area (Å²) in [6.45, 7) is 4.19. The van der Waals surface area contributed by atoms with Crippen LogP contribution >= 0.6 is 12.2 Å². The molecule has 0 saturated heterocycles. The molecule has 0 aliphatic heterocycles. The maximum absolute atomic E-state index is 12.7. The number of amides is 1. The summed E-state index contributed by atoms with van der Waals surface area (Å²) in [5.41, 5.74) is 1.74. The van der Waals surface area contributed by atoms with Gasteiger partial charge >= 0.3 is 0 Å². The molecule has 1 amide bonds. The first kappa shape index (κ1) is 20.5. The molecule has 0 aromatic heterocycles. The first-order valence-corrected chi connectivity index (χ1v) is 8.98. The molecule has 1 atom stereocenters. The van der Waals surface area contributed by atoms with E-state index in [4.69, 9.17) is 21.7 Å². The number of thiocarbonyl (C=S) groups is 1. The van der Waals surface area contributed by atoms with Crippen LogP contribution in [0.2, 0.25) is 0 Å². The van der Waals surface area contributed by atoms with Gasteiger partial charge in [0.15, 0.2) is 5.11 Å². The molecule has 2 aromatic carbocycles. The molecule has 3 N–H and O–H groups in total. The van der Waals surface area contributed by atoms with E-state index in [0.29, 0.717) is 23.1 Å². The fourth-order valence-electron chi connectivity index (χ4n) is 2.59. The van der Waals surface area contributed by atoms with E-state index in [1.807, 2.05) is 12.1 Å². The molecular formula is C20H24N2O4S. The van der Waals surface area contributed by atoms with Gasteiger partial charge < -0.3 is 19.9 Å². The zero-order valence-electron chi connectivity index (χ0n) is 15.8. The molecule has 2 aromatic rings. The summed E-state index contributed by atoms with van der Waals surface area (Å²) in [7, 11) is 2.95. The maximum atomic E-state index is 12.7. The number of hydrogen-bond donors (Lipinski definition) is 3. The van der Waals surface area contributed by atoms with Crippen molar-refractivity contribution < 1.29 is 19.4 Å². The lowest BCUT2D eigenvalue weighted by atomic mass is 9.98. The Balaban J connectivity index is 2.18. The molecule has 144 valence electrons. The Morgan fingerprint density at radius 3 is 2.37 bits per heavy atom. The molecule has 0 aliphatic carbocycles. The predicted octanol–water partition coefficient (Wildman–Crippen LogP) is 4.05. The van der Waals surface area contributed by atoms with Gasteiger partial charge in [-0.2, -0.15) is 0 Å². The van der Waals surface area contributed by atoms with E-state index in [1.165, 1.54) is 14.2 Å². The standard InChI is InChI=1S/C20H24N2O4S/c1-5-12(2)13-9-10-15(23)14(11-13)21-20(27)22-19(24)18-16(25-3)7-6-8-17(18)26-4/h6-12,23H,5H2,1-4H3,(H2,21,22,24,27). The Kier molecular flexibility index (Phi) is 7.01. The van der Waals surface area contributed by atoms with Gasteiger partial charge in [0.2, 0.25) is 0 Å². The van der Waals surface area contributed by atoms with Crippen molar-refractivity contribution in [3.05, 3.63) is 47.5 Å². The van der Waals surface area contributed by atoms with Crippen LogP contribution in [0.4, 0.5) is 5.69 Å². The van der Waals surface area contributed by atoms with E-state index < -0.39 is 5.91 Å². The summed E-state index contributed by atoms with van der Waals surface area (Å²) >= 11 is 5.23. The van der Waals surface area contributed by atoms with Crippen LogP contribution in [0, 0.1) is 0 Å². The Morgan fingerprint density at radius 2 is 1.81 bits per heavy atom. The Labute approximate surface area is 164 Å². The number of methoxy groups -OCH3 is 2. The second kappa shape index (κ2) is 9.23. The van der Waals surface area contributed by atoms with E-state index in [2.05, 4.69) is 24.5 Å². The van der Waals surface area contributed by atoms with Gasteiger partial charge in [-0.25, -0.2) is 0 Å². The summed E-state index contributed by atoms with van der Waals surface area (Å²) in [5, 5.41) is 15.6. The van der Waals surface area contributed by atoms with Gasteiger partial charge in [0.1, 0.15) is 22.8 Å². The van der Waals surface area contributed by atoms with E-state index in [9.17, 15) is 9.90 Å². The molecular weight excluding hydrogens is 364 g/mol. The third kappa shape index (κ3) is 4.89. The first-order chi connectivity index (χ1) is 12.9. The highest BCUT2D eigenvalue weighted by atomic mass is 32.1. The summed E-state index contributed by atoms with van der Waals surface area (Å²) in [6.07, 6.45) is 0.971. The van der Waals surface area contributed by atoms with Gasteiger partial charge in [0, 0.05) is 0 Å². The van der Waals surface area contributed by atoms with E-state index in [-0.39, 0.29) is 16.4 Å². The fraction of sp³-hybridized carbons (Fsp3) is 0.300. The fourth-order valence-corrected chi connectivity index (χ4v) is 2.79. The minimum atomic E-state index is -0.473. The number of ether oxygens (including phenoxy) is 2. The van der Waals surface area contributed by atoms with E-state index in [0.717, 1.165) is 12.0 Å². The zero-order valence-corrected chi connectivity index (χ0v) is 16.6. The van der Waals surface area contributed by atoms with Crippen LogP contribution in [0.25, 0.3) is 0 Å². The second-order valence-corrected chi connectivity index (χ2v) is 6.44. The molecule has 0 spiro atoms. The zero-order chi connectivity index (χ0) is 20.0. The van der Waals surface area contributed by atoms with Crippen molar-refractivity contribution in [1.82, 2.24) is 5.32 Å². The van der Waals surface area contributed by atoms with Crippen molar-refractivity contribution in [3.8, 4) is 17.2 Å². The molecule has 1 unspecified atom stereocenters. The largest absolute Gasteiger partial charge is 0.506 e. The van der Waals surface area contributed by atoms with Crippen molar-refractivity contribution >= 4 is 28.9 Å². The molecule has 7 heteroatoms. The van der Waals surface area contributed by atoms with Crippen molar-refractivity contribution in [3.63, 3.8) is 0 Å². The monoisotopic (exact) mass is 388 g/mol. The normalized spacial score (nSPS) is 11.4. The van der Waals surface area contributed by atoms with Gasteiger partial charge in [-0.15, -0.1) is 0 Å². The van der Waals surface area contributed by atoms with Gasteiger partial charge in [-0.05, 0) is 54.4 Å². The van der Waals surface area contributed by atoms with Crippen molar-refractivity contribution in [2.45, 2.75) is 26.2 Å². The number of rotatable bonds is 6. The molecule has 0 heterocycles. The number of nitrogens with one attached hydrogen (secondary N) is 2. The number of anilines is 1. The molecule has 2 rings (SSSR count). The summed E-state index contributed by atoms with van der Waals surface area (Å²) in [5.74, 6) is 0.660. The lowest BCUT2D eigenvalue weighted by Crippen LogP contribution is -2.34. The van der Waals surface area contributed by atoms with Crippen LogP contribution in [-0.4, -0.2) is 30.3 Å². The molecule has 0 aliphatic rings. The number of carbonyl (C=O) groups is 1. The lowest BCUT2D eigenvalue weighted by Gasteiger charge is -2.16. The summed E-state index contributed by atoms with van der Waals surface area (Å²) in [4.78, 5) is 12.7. The van der Waals surface area contributed by atoms with Crippen LogP contribution in [0.5, 0.6) is 17.2 Å². The number of benzene rings is 2.